The van der Waals surface area contributed by atoms with E-state index < -0.39 is 12.5 Å². The van der Waals surface area contributed by atoms with Gasteiger partial charge in [0.05, 0.1) is 13.2 Å². The number of nitrogens with two attached hydrogens (primary N) is 1. The van der Waals surface area contributed by atoms with Crippen molar-refractivity contribution in [2.24, 2.45) is 5.73 Å². The van der Waals surface area contributed by atoms with E-state index in [1.54, 1.807) is 0 Å². The van der Waals surface area contributed by atoms with E-state index in [-0.39, 0.29) is 17.1 Å². The molecule has 1 atom stereocenters. The maximum Gasteiger partial charge on any atom is 0.257 e. The Morgan fingerprint density at radius 1 is 1.43 bits per heavy atom. The summed E-state index contributed by atoms with van der Waals surface area (Å²) in [6, 6.07) is 2.81. The van der Waals surface area contributed by atoms with Crippen molar-refractivity contribution in [3.63, 3.8) is 0 Å². The minimum atomic E-state index is -2.71. The molecule has 5 heteroatoms. The molecule has 3 N–H and O–H groups in total. The number of halogens is 2. The fraction of sp³-hybridized carbons (Fsp3) is 0.333. The first-order chi connectivity index (χ1) is 6.57. The highest BCUT2D eigenvalue weighted by Crippen LogP contribution is 2.34. The number of para-hydroxylation sites is 1. The second-order valence-electron chi connectivity index (χ2n) is 2.76. The minimum Gasteiger partial charge on any atom is -0.504 e. The van der Waals surface area contributed by atoms with Crippen LogP contribution in [0.2, 0.25) is 0 Å². The lowest BCUT2D eigenvalue weighted by Gasteiger charge is -2.14. The summed E-state index contributed by atoms with van der Waals surface area (Å²) in [6.45, 7) is 0. The first-order valence-electron chi connectivity index (χ1n) is 3.97. The molecule has 0 aliphatic rings. The molecule has 0 saturated carbocycles. The summed E-state index contributed by atoms with van der Waals surface area (Å²) in [7, 11) is 1.34. The van der Waals surface area contributed by atoms with Crippen molar-refractivity contribution in [1.29, 1.82) is 0 Å². The number of hydrogen-bond donors (Lipinski definition) is 2. The highest BCUT2D eigenvalue weighted by atomic mass is 19.3. The van der Waals surface area contributed by atoms with Gasteiger partial charge in [-0.1, -0.05) is 12.1 Å². The Balaban J connectivity index is 3.09. The van der Waals surface area contributed by atoms with Crippen LogP contribution in [0.15, 0.2) is 18.2 Å². The first-order valence-corrected chi connectivity index (χ1v) is 3.97. The van der Waals surface area contributed by atoms with E-state index in [4.69, 9.17) is 10.5 Å². The molecule has 0 amide bonds. The molecular formula is C9H11F2NO2. The number of hydrogen-bond acceptors (Lipinski definition) is 3. The van der Waals surface area contributed by atoms with Gasteiger partial charge in [0.1, 0.15) is 0 Å². The van der Waals surface area contributed by atoms with Crippen molar-refractivity contribution in [3.8, 4) is 11.5 Å². The summed E-state index contributed by atoms with van der Waals surface area (Å²) >= 11 is 0. The van der Waals surface area contributed by atoms with Gasteiger partial charge in [0.2, 0.25) is 0 Å². The molecule has 0 spiro atoms. The first kappa shape index (κ1) is 10.7. The van der Waals surface area contributed by atoms with Crippen LogP contribution in [0, 0.1) is 0 Å². The van der Waals surface area contributed by atoms with E-state index in [9.17, 15) is 13.9 Å². The van der Waals surface area contributed by atoms with Gasteiger partial charge >= 0.3 is 0 Å². The van der Waals surface area contributed by atoms with E-state index in [1.165, 1.54) is 25.3 Å². The Kier molecular flexibility index (Phi) is 3.24. The third-order valence-electron chi connectivity index (χ3n) is 1.88. The molecule has 0 aromatic heterocycles. The van der Waals surface area contributed by atoms with Gasteiger partial charge in [-0.3, -0.25) is 0 Å². The molecule has 0 saturated heterocycles. The second kappa shape index (κ2) is 4.23. The standard InChI is InChI=1S/C9H11F2NO2/c1-14-6-4-2-3-5(8(6)13)7(12)9(10)11/h2-4,7,9,13H,12H2,1H3. The molecule has 3 nitrogen and oxygen atoms in total. The van der Waals surface area contributed by atoms with Crippen LogP contribution in [0.5, 0.6) is 11.5 Å². The van der Waals surface area contributed by atoms with Crippen LogP contribution in [0.1, 0.15) is 11.6 Å². The monoisotopic (exact) mass is 203 g/mol. The Morgan fingerprint density at radius 2 is 2.07 bits per heavy atom. The van der Waals surface area contributed by atoms with Crippen molar-refractivity contribution < 1.29 is 18.6 Å². The highest BCUT2D eigenvalue weighted by Gasteiger charge is 2.22. The van der Waals surface area contributed by atoms with Crippen molar-refractivity contribution in [2.75, 3.05) is 7.11 Å². The van der Waals surface area contributed by atoms with Gasteiger partial charge in [-0.25, -0.2) is 8.78 Å². The average molecular weight is 203 g/mol. The van der Waals surface area contributed by atoms with Crippen LogP contribution in [0.25, 0.3) is 0 Å². The molecule has 78 valence electrons. The number of ether oxygens (including phenoxy) is 1. The molecule has 0 radical (unpaired) electrons. The zero-order valence-corrected chi connectivity index (χ0v) is 7.58. The zero-order chi connectivity index (χ0) is 10.7. The van der Waals surface area contributed by atoms with Crippen LogP contribution in [0.4, 0.5) is 8.78 Å². The predicted molar refractivity (Wildman–Crippen MR) is 47.6 cm³/mol. The summed E-state index contributed by atoms with van der Waals surface area (Å²) in [5.41, 5.74) is 5.18. The summed E-state index contributed by atoms with van der Waals surface area (Å²) in [5, 5.41) is 9.47. The smallest absolute Gasteiger partial charge is 0.257 e. The van der Waals surface area contributed by atoms with E-state index in [2.05, 4.69) is 0 Å². The maximum absolute atomic E-state index is 12.3. The second-order valence-corrected chi connectivity index (χ2v) is 2.76. The molecule has 0 bridgehead atoms. The topological polar surface area (TPSA) is 55.5 Å². The van der Waals surface area contributed by atoms with Crippen LogP contribution in [-0.2, 0) is 0 Å². The van der Waals surface area contributed by atoms with E-state index in [0.717, 1.165) is 0 Å². The third kappa shape index (κ3) is 1.93. The summed E-state index contributed by atoms with van der Waals surface area (Å²) in [4.78, 5) is 0. The largest absolute Gasteiger partial charge is 0.504 e. The quantitative estimate of drug-likeness (QED) is 0.785. The van der Waals surface area contributed by atoms with Gasteiger partial charge in [-0.05, 0) is 6.07 Å². The Labute approximate surface area is 80.1 Å². The Morgan fingerprint density at radius 3 is 2.57 bits per heavy atom. The molecule has 0 aliphatic carbocycles. The lowest BCUT2D eigenvalue weighted by molar-refractivity contribution is 0.115. The average Bonchev–Trinajstić information content (AvgIpc) is 2.17. The zero-order valence-electron chi connectivity index (χ0n) is 7.58. The fourth-order valence-electron chi connectivity index (χ4n) is 1.11. The van der Waals surface area contributed by atoms with Gasteiger partial charge in [-0.15, -0.1) is 0 Å². The van der Waals surface area contributed by atoms with Crippen molar-refractivity contribution >= 4 is 0 Å². The van der Waals surface area contributed by atoms with Gasteiger partial charge < -0.3 is 15.6 Å². The van der Waals surface area contributed by atoms with Crippen molar-refractivity contribution in [2.45, 2.75) is 12.5 Å². The summed E-state index contributed by atoms with van der Waals surface area (Å²) in [5.74, 6) is -0.193. The van der Waals surface area contributed by atoms with Crippen LogP contribution < -0.4 is 10.5 Å². The molecule has 1 unspecified atom stereocenters. The van der Waals surface area contributed by atoms with Crippen LogP contribution >= 0.6 is 0 Å². The number of phenols is 1. The predicted octanol–water partition coefficient (Wildman–Crippen LogP) is 1.67. The summed E-state index contributed by atoms with van der Waals surface area (Å²) in [6.07, 6.45) is -2.71. The van der Waals surface area contributed by atoms with E-state index in [1.807, 2.05) is 0 Å². The lowest BCUT2D eigenvalue weighted by atomic mass is 10.1. The molecule has 1 aromatic rings. The minimum absolute atomic E-state index is 0.0145. The van der Waals surface area contributed by atoms with Crippen molar-refractivity contribution in [1.82, 2.24) is 0 Å². The van der Waals surface area contributed by atoms with Crippen molar-refractivity contribution in [3.05, 3.63) is 23.8 Å². The van der Waals surface area contributed by atoms with Gasteiger partial charge in [0, 0.05) is 5.56 Å². The third-order valence-corrected chi connectivity index (χ3v) is 1.88. The maximum atomic E-state index is 12.3. The Hall–Kier alpha value is -1.36. The lowest BCUT2D eigenvalue weighted by Crippen LogP contribution is -2.19. The fourth-order valence-corrected chi connectivity index (χ4v) is 1.11. The van der Waals surface area contributed by atoms with Gasteiger partial charge in [0.15, 0.2) is 11.5 Å². The molecule has 1 rings (SSSR count). The molecule has 1 aromatic carbocycles. The molecule has 0 aliphatic heterocycles. The summed E-state index contributed by atoms with van der Waals surface area (Å²) < 4.78 is 29.3. The van der Waals surface area contributed by atoms with Crippen LogP contribution in [0.3, 0.4) is 0 Å². The number of benzene rings is 1. The van der Waals surface area contributed by atoms with E-state index >= 15 is 0 Å². The van der Waals surface area contributed by atoms with Gasteiger partial charge in [0.25, 0.3) is 6.43 Å². The molecule has 0 fully saturated rings. The molecular weight excluding hydrogens is 192 g/mol. The number of methoxy groups -OCH3 is 1. The SMILES string of the molecule is COc1cccc(C(N)C(F)F)c1O. The van der Waals surface area contributed by atoms with E-state index in [0.29, 0.717) is 0 Å². The van der Waals surface area contributed by atoms with Gasteiger partial charge in [-0.2, -0.15) is 0 Å². The normalized spacial score (nSPS) is 12.9. The number of aromatic hydroxyl groups is 1. The molecule has 14 heavy (non-hydrogen) atoms. The number of alkyl halides is 2. The Bertz CT molecular complexity index is 318. The number of phenolic OH excluding ortho intramolecular Hbond substituents is 1. The van der Waals surface area contributed by atoms with Crippen LogP contribution in [-0.4, -0.2) is 18.6 Å². The highest BCUT2D eigenvalue weighted by molar-refractivity contribution is 5.46. The number of rotatable bonds is 3. The molecule has 0 heterocycles.